The van der Waals surface area contributed by atoms with Gasteiger partial charge in [0, 0.05) is 25.5 Å². The minimum atomic E-state index is -3.75. The largest absolute Gasteiger partial charge is 0.244 e. The molecule has 1 unspecified atom stereocenters. The van der Waals surface area contributed by atoms with Crippen LogP contribution in [0.15, 0.2) is 52.4 Å². The van der Waals surface area contributed by atoms with Crippen molar-refractivity contribution in [1.29, 1.82) is 0 Å². The van der Waals surface area contributed by atoms with E-state index in [1.807, 2.05) is 0 Å². The van der Waals surface area contributed by atoms with E-state index in [0.717, 1.165) is 6.26 Å². The van der Waals surface area contributed by atoms with Gasteiger partial charge in [-0.2, -0.15) is 4.31 Å². The normalized spacial score (nSPS) is 13.9. The Morgan fingerprint density at radius 2 is 1.54 bits per heavy atom. The van der Waals surface area contributed by atoms with E-state index in [1.54, 1.807) is 19.1 Å². The van der Waals surface area contributed by atoms with Crippen LogP contribution in [-0.2, 0) is 19.9 Å². The maximum absolute atomic E-state index is 12.6. The molecule has 9 heteroatoms. The van der Waals surface area contributed by atoms with Crippen molar-refractivity contribution in [2.24, 2.45) is 0 Å². The van der Waals surface area contributed by atoms with Crippen LogP contribution >= 0.6 is 11.6 Å². The molecule has 0 saturated carbocycles. The van der Waals surface area contributed by atoms with Crippen LogP contribution in [0, 0.1) is 0 Å². The maximum atomic E-state index is 12.6. The summed E-state index contributed by atoms with van der Waals surface area (Å²) in [6.45, 7) is 1.72. The second kappa shape index (κ2) is 6.79. The Morgan fingerprint density at radius 3 is 2.00 bits per heavy atom. The molecular formula is C15H17ClN2O4S2. The molecule has 0 bridgehead atoms. The third-order valence-corrected chi connectivity index (χ3v) is 6.98. The SMILES string of the molecule is CC(c1ccc(S(C)(=O)=O)cc1)N(C)S(=O)(=O)c1ccc(Cl)nc1. The summed E-state index contributed by atoms with van der Waals surface area (Å²) in [5, 5.41) is 0.209. The number of rotatable bonds is 5. The van der Waals surface area contributed by atoms with E-state index in [0.29, 0.717) is 5.56 Å². The summed E-state index contributed by atoms with van der Waals surface area (Å²) in [6.07, 6.45) is 2.32. The van der Waals surface area contributed by atoms with Crippen LogP contribution in [-0.4, -0.2) is 39.4 Å². The van der Waals surface area contributed by atoms with Gasteiger partial charge in [-0.05, 0) is 36.8 Å². The molecule has 130 valence electrons. The van der Waals surface area contributed by atoms with Crippen molar-refractivity contribution in [3.8, 4) is 0 Å². The van der Waals surface area contributed by atoms with Gasteiger partial charge in [0.1, 0.15) is 10.0 Å². The van der Waals surface area contributed by atoms with E-state index in [4.69, 9.17) is 11.6 Å². The summed E-state index contributed by atoms with van der Waals surface area (Å²) < 4.78 is 49.5. The summed E-state index contributed by atoms with van der Waals surface area (Å²) in [7, 11) is -5.58. The van der Waals surface area contributed by atoms with Crippen LogP contribution in [0.1, 0.15) is 18.5 Å². The zero-order chi connectivity index (χ0) is 18.1. The Hall–Kier alpha value is -1.48. The molecule has 0 aliphatic heterocycles. The van der Waals surface area contributed by atoms with Gasteiger partial charge in [0.05, 0.1) is 4.90 Å². The molecule has 24 heavy (non-hydrogen) atoms. The zero-order valence-electron chi connectivity index (χ0n) is 13.3. The molecule has 0 amide bonds. The number of aromatic nitrogens is 1. The predicted molar refractivity (Wildman–Crippen MR) is 92.2 cm³/mol. The second-order valence-electron chi connectivity index (χ2n) is 5.36. The van der Waals surface area contributed by atoms with Gasteiger partial charge >= 0.3 is 0 Å². The highest BCUT2D eigenvalue weighted by atomic mass is 35.5. The van der Waals surface area contributed by atoms with Crippen molar-refractivity contribution in [1.82, 2.24) is 9.29 Å². The number of nitrogens with zero attached hydrogens (tertiary/aromatic N) is 2. The first-order valence-electron chi connectivity index (χ1n) is 6.93. The van der Waals surface area contributed by atoms with Crippen LogP contribution in [0.3, 0.4) is 0 Å². The van der Waals surface area contributed by atoms with Crippen molar-refractivity contribution in [3.63, 3.8) is 0 Å². The molecule has 1 aromatic heterocycles. The highest BCUT2D eigenvalue weighted by Gasteiger charge is 2.26. The van der Waals surface area contributed by atoms with Gasteiger partial charge < -0.3 is 0 Å². The molecule has 0 saturated heterocycles. The number of hydrogen-bond donors (Lipinski definition) is 0. The number of sulfone groups is 1. The summed E-state index contributed by atoms with van der Waals surface area (Å²) in [5.74, 6) is 0. The third-order valence-electron chi connectivity index (χ3n) is 3.71. The van der Waals surface area contributed by atoms with Crippen LogP contribution in [0.4, 0.5) is 0 Å². The van der Waals surface area contributed by atoms with Crippen LogP contribution in [0.2, 0.25) is 5.15 Å². The van der Waals surface area contributed by atoms with E-state index < -0.39 is 25.9 Å². The Kier molecular flexibility index (Phi) is 5.34. The van der Waals surface area contributed by atoms with Crippen molar-refractivity contribution in [2.75, 3.05) is 13.3 Å². The van der Waals surface area contributed by atoms with Crippen molar-refractivity contribution >= 4 is 31.5 Å². The summed E-state index contributed by atoms with van der Waals surface area (Å²) >= 11 is 5.68. The lowest BCUT2D eigenvalue weighted by molar-refractivity contribution is 0.398. The number of sulfonamides is 1. The van der Waals surface area contributed by atoms with Crippen molar-refractivity contribution in [2.45, 2.75) is 22.8 Å². The predicted octanol–water partition coefficient (Wildman–Crippen LogP) is 2.52. The number of halogens is 1. The molecule has 0 spiro atoms. The molecule has 0 fully saturated rings. The smallest absolute Gasteiger partial charge is 0.243 e. The molecule has 2 rings (SSSR count). The van der Waals surface area contributed by atoms with E-state index >= 15 is 0 Å². The molecule has 1 heterocycles. The first kappa shape index (κ1) is 18.9. The Balaban J connectivity index is 2.31. The van der Waals surface area contributed by atoms with E-state index in [9.17, 15) is 16.8 Å². The van der Waals surface area contributed by atoms with Gasteiger partial charge in [0.25, 0.3) is 0 Å². The second-order valence-corrected chi connectivity index (χ2v) is 9.76. The van der Waals surface area contributed by atoms with Gasteiger partial charge in [-0.1, -0.05) is 23.7 Å². The van der Waals surface area contributed by atoms with Gasteiger partial charge in [0.15, 0.2) is 9.84 Å². The van der Waals surface area contributed by atoms with Crippen LogP contribution < -0.4 is 0 Å². The average Bonchev–Trinajstić information content (AvgIpc) is 2.53. The summed E-state index contributed by atoms with van der Waals surface area (Å²) in [5.41, 5.74) is 0.676. The standard InChI is InChI=1S/C15H17ClN2O4S2/c1-11(12-4-6-13(7-5-12)23(3,19)20)18(2)24(21,22)14-8-9-15(16)17-10-14/h4-11H,1-3H3. The highest BCUT2D eigenvalue weighted by molar-refractivity contribution is 7.90. The molecule has 0 aliphatic carbocycles. The fourth-order valence-corrected chi connectivity index (χ4v) is 4.13. The van der Waals surface area contributed by atoms with E-state index in [1.165, 1.54) is 41.8 Å². The lowest BCUT2D eigenvalue weighted by atomic mass is 10.1. The minimum absolute atomic E-state index is 0.0361. The Labute approximate surface area is 147 Å². The zero-order valence-corrected chi connectivity index (χ0v) is 15.7. The molecule has 0 aliphatic rings. The lowest BCUT2D eigenvalue weighted by Crippen LogP contribution is -2.29. The molecule has 6 nitrogen and oxygen atoms in total. The molecule has 2 aromatic rings. The number of benzene rings is 1. The molecule has 0 radical (unpaired) electrons. The molecule has 0 N–H and O–H groups in total. The van der Waals surface area contributed by atoms with Gasteiger partial charge in [-0.3, -0.25) is 0 Å². The summed E-state index contributed by atoms with van der Waals surface area (Å²) in [6, 6.07) is 8.45. The fourth-order valence-electron chi connectivity index (χ4n) is 2.09. The summed E-state index contributed by atoms with van der Waals surface area (Å²) in [4.78, 5) is 4.01. The molecule has 1 atom stereocenters. The van der Waals surface area contributed by atoms with Crippen molar-refractivity contribution < 1.29 is 16.8 Å². The Bertz CT molecular complexity index is 924. The van der Waals surface area contributed by atoms with Gasteiger partial charge in [-0.15, -0.1) is 0 Å². The Morgan fingerprint density at radius 1 is 1.00 bits per heavy atom. The topological polar surface area (TPSA) is 84.4 Å². The first-order chi connectivity index (χ1) is 11.0. The average molecular weight is 389 g/mol. The number of pyridine rings is 1. The van der Waals surface area contributed by atoms with Gasteiger partial charge in [0.2, 0.25) is 10.0 Å². The van der Waals surface area contributed by atoms with Crippen LogP contribution in [0.5, 0.6) is 0 Å². The molecule has 1 aromatic carbocycles. The van der Waals surface area contributed by atoms with E-state index in [-0.39, 0.29) is 14.9 Å². The van der Waals surface area contributed by atoms with Crippen molar-refractivity contribution in [3.05, 3.63) is 53.3 Å². The number of hydrogen-bond acceptors (Lipinski definition) is 5. The van der Waals surface area contributed by atoms with E-state index in [2.05, 4.69) is 4.98 Å². The van der Waals surface area contributed by atoms with Gasteiger partial charge in [-0.25, -0.2) is 21.8 Å². The quantitative estimate of drug-likeness (QED) is 0.735. The minimum Gasteiger partial charge on any atom is -0.243 e. The highest BCUT2D eigenvalue weighted by Crippen LogP contribution is 2.26. The fraction of sp³-hybridized carbons (Fsp3) is 0.267. The first-order valence-corrected chi connectivity index (χ1v) is 10.6. The maximum Gasteiger partial charge on any atom is 0.244 e. The lowest BCUT2D eigenvalue weighted by Gasteiger charge is -2.24. The third kappa shape index (κ3) is 3.94. The molecular weight excluding hydrogens is 372 g/mol. The van der Waals surface area contributed by atoms with Crippen LogP contribution in [0.25, 0.3) is 0 Å². The monoisotopic (exact) mass is 388 g/mol.